The monoisotopic (exact) mass is 243 g/mol. The van der Waals surface area contributed by atoms with Crippen molar-refractivity contribution in [1.82, 2.24) is 4.90 Å². The quantitative estimate of drug-likeness (QED) is 0.654. The summed E-state index contributed by atoms with van der Waals surface area (Å²) in [5, 5.41) is 11.7. The number of amides is 1. The maximum absolute atomic E-state index is 11.9. The van der Waals surface area contributed by atoms with Crippen molar-refractivity contribution in [2.24, 2.45) is 0 Å². The van der Waals surface area contributed by atoms with Crippen LogP contribution in [0.2, 0.25) is 0 Å². The topological polar surface area (TPSA) is 56.1 Å². The maximum atomic E-state index is 11.9. The Morgan fingerprint density at radius 2 is 2.06 bits per heavy atom. The van der Waals surface area contributed by atoms with Crippen LogP contribution in [-0.4, -0.2) is 24.9 Å². The van der Waals surface area contributed by atoms with E-state index < -0.39 is 5.91 Å². The van der Waals surface area contributed by atoms with Crippen molar-refractivity contribution in [2.45, 2.75) is 13.8 Å². The second kappa shape index (κ2) is 5.87. The van der Waals surface area contributed by atoms with Crippen molar-refractivity contribution in [3.05, 3.63) is 41.1 Å². The minimum absolute atomic E-state index is 0.0833. The van der Waals surface area contributed by atoms with Gasteiger partial charge in [0, 0.05) is 26.0 Å². The zero-order valence-corrected chi connectivity index (χ0v) is 11.1. The van der Waals surface area contributed by atoms with Crippen molar-refractivity contribution in [3.63, 3.8) is 0 Å². The van der Waals surface area contributed by atoms with Gasteiger partial charge in [-0.3, -0.25) is 4.79 Å². The van der Waals surface area contributed by atoms with Gasteiger partial charge in [-0.05, 0) is 25.5 Å². The van der Waals surface area contributed by atoms with Gasteiger partial charge in [0.05, 0.1) is 0 Å². The third-order valence-corrected chi connectivity index (χ3v) is 2.38. The molecule has 0 unspecified atom stereocenters. The summed E-state index contributed by atoms with van der Waals surface area (Å²) in [5.41, 5.74) is 2.92. The molecule has 0 saturated carbocycles. The highest BCUT2D eigenvalue weighted by Crippen LogP contribution is 2.16. The smallest absolute Gasteiger partial charge is 0.267 e. The lowest BCUT2D eigenvalue weighted by Gasteiger charge is -2.10. The number of aryl methyl sites for hydroxylation is 2. The van der Waals surface area contributed by atoms with Gasteiger partial charge >= 0.3 is 0 Å². The summed E-state index contributed by atoms with van der Waals surface area (Å²) >= 11 is 0. The van der Waals surface area contributed by atoms with Crippen LogP contribution in [0.15, 0.2) is 30.0 Å². The molecule has 0 aliphatic heterocycles. The average molecular weight is 243 g/mol. The molecule has 0 atom stereocenters. The zero-order chi connectivity index (χ0) is 13.7. The van der Waals surface area contributed by atoms with Gasteiger partial charge < -0.3 is 10.2 Å². The Bertz CT molecular complexity index is 524. The standard InChI is InChI=1S/C14H17N3O/c1-10-5-6-13(11(2)7-10)16-14(18)12(8-15)9-17(3)4/h5-7,9H,1-4H3,(H,16,18). The van der Waals surface area contributed by atoms with E-state index in [0.717, 1.165) is 16.8 Å². The summed E-state index contributed by atoms with van der Waals surface area (Å²) in [6, 6.07) is 7.64. The number of nitrogens with one attached hydrogen (secondary N) is 1. The van der Waals surface area contributed by atoms with Crippen molar-refractivity contribution in [3.8, 4) is 6.07 Å². The summed E-state index contributed by atoms with van der Waals surface area (Å²) in [7, 11) is 3.53. The molecular weight excluding hydrogens is 226 g/mol. The second-order valence-corrected chi connectivity index (χ2v) is 4.39. The molecule has 0 heterocycles. The molecule has 4 nitrogen and oxygen atoms in total. The van der Waals surface area contributed by atoms with E-state index in [9.17, 15) is 4.79 Å². The van der Waals surface area contributed by atoms with E-state index in [1.54, 1.807) is 19.0 Å². The van der Waals surface area contributed by atoms with Crippen molar-refractivity contribution < 1.29 is 4.79 Å². The number of nitrogens with zero attached hydrogens (tertiary/aromatic N) is 2. The summed E-state index contributed by atoms with van der Waals surface area (Å²) in [4.78, 5) is 13.6. The molecule has 94 valence electrons. The highest BCUT2D eigenvalue weighted by Gasteiger charge is 2.10. The number of rotatable bonds is 3. The molecule has 1 N–H and O–H groups in total. The first-order valence-electron chi connectivity index (χ1n) is 5.61. The normalized spacial score (nSPS) is 10.7. The molecular formula is C14H17N3O. The van der Waals surface area contributed by atoms with Crippen LogP contribution in [0.25, 0.3) is 0 Å². The fraction of sp³-hybridized carbons (Fsp3) is 0.286. The van der Waals surface area contributed by atoms with Crippen LogP contribution in [0.3, 0.4) is 0 Å². The Kier molecular flexibility index (Phi) is 4.50. The molecule has 18 heavy (non-hydrogen) atoms. The van der Waals surface area contributed by atoms with Gasteiger partial charge in [-0.1, -0.05) is 17.7 Å². The molecule has 1 aromatic carbocycles. The Morgan fingerprint density at radius 3 is 2.56 bits per heavy atom. The molecule has 0 spiro atoms. The molecule has 1 rings (SSSR count). The Morgan fingerprint density at radius 1 is 1.39 bits per heavy atom. The van der Waals surface area contributed by atoms with Crippen LogP contribution in [0.4, 0.5) is 5.69 Å². The first-order valence-corrected chi connectivity index (χ1v) is 5.61. The van der Waals surface area contributed by atoms with Crippen LogP contribution in [0, 0.1) is 25.2 Å². The van der Waals surface area contributed by atoms with E-state index in [1.165, 1.54) is 6.20 Å². The Hall–Kier alpha value is -2.28. The van der Waals surface area contributed by atoms with Gasteiger partial charge in [0.2, 0.25) is 0 Å². The summed E-state index contributed by atoms with van der Waals surface area (Å²) < 4.78 is 0. The number of anilines is 1. The summed E-state index contributed by atoms with van der Waals surface area (Å²) in [5.74, 6) is -0.391. The van der Waals surface area contributed by atoms with Crippen molar-refractivity contribution >= 4 is 11.6 Å². The minimum Gasteiger partial charge on any atom is -0.382 e. The largest absolute Gasteiger partial charge is 0.382 e. The Balaban J connectivity index is 2.91. The summed E-state index contributed by atoms with van der Waals surface area (Å²) in [6.07, 6.45) is 1.50. The number of carbonyl (C=O) groups is 1. The summed E-state index contributed by atoms with van der Waals surface area (Å²) in [6.45, 7) is 3.91. The number of hydrogen-bond acceptors (Lipinski definition) is 3. The minimum atomic E-state index is -0.391. The lowest BCUT2D eigenvalue weighted by molar-refractivity contribution is -0.112. The first kappa shape index (κ1) is 13.8. The van der Waals surface area contributed by atoms with E-state index in [2.05, 4.69) is 5.32 Å². The molecule has 0 fully saturated rings. The molecule has 0 bridgehead atoms. The molecule has 4 heteroatoms. The number of hydrogen-bond donors (Lipinski definition) is 1. The molecule has 0 aliphatic carbocycles. The predicted molar refractivity (Wildman–Crippen MR) is 71.9 cm³/mol. The number of nitriles is 1. The lowest BCUT2D eigenvalue weighted by Crippen LogP contribution is -2.16. The van der Waals surface area contributed by atoms with Crippen LogP contribution >= 0.6 is 0 Å². The van der Waals surface area contributed by atoms with Gasteiger partial charge in [-0.25, -0.2) is 0 Å². The third-order valence-electron chi connectivity index (χ3n) is 2.38. The van der Waals surface area contributed by atoms with Crippen LogP contribution < -0.4 is 5.32 Å². The molecule has 0 aromatic heterocycles. The molecule has 1 aromatic rings. The van der Waals surface area contributed by atoms with Crippen molar-refractivity contribution in [1.29, 1.82) is 5.26 Å². The molecule has 0 aliphatic rings. The fourth-order valence-corrected chi connectivity index (χ4v) is 1.54. The van der Waals surface area contributed by atoms with E-state index in [-0.39, 0.29) is 5.57 Å². The molecule has 0 saturated heterocycles. The Labute approximate surface area is 108 Å². The third kappa shape index (κ3) is 3.63. The predicted octanol–water partition coefficient (Wildman–Crippen LogP) is 2.21. The van der Waals surface area contributed by atoms with E-state index in [0.29, 0.717) is 0 Å². The zero-order valence-electron chi connectivity index (χ0n) is 11.1. The van der Waals surface area contributed by atoms with Crippen LogP contribution in [-0.2, 0) is 4.79 Å². The van der Waals surface area contributed by atoms with Gasteiger partial charge in [0.25, 0.3) is 5.91 Å². The van der Waals surface area contributed by atoms with Crippen LogP contribution in [0.1, 0.15) is 11.1 Å². The highest BCUT2D eigenvalue weighted by atomic mass is 16.1. The number of benzene rings is 1. The van der Waals surface area contributed by atoms with Crippen LogP contribution in [0.5, 0.6) is 0 Å². The van der Waals surface area contributed by atoms with Gasteiger partial charge in [0.15, 0.2) is 0 Å². The van der Waals surface area contributed by atoms with Gasteiger partial charge in [-0.2, -0.15) is 5.26 Å². The highest BCUT2D eigenvalue weighted by molar-refractivity contribution is 6.06. The number of carbonyl (C=O) groups excluding carboxylic acids is 1. The van der Waals surface area contributed by atoms with E-state index in [4.69, 9.17) is 5.26 Å². The SMILES string of the molecule is Cc1ccc(NC(=O)C(C#N)=CN(C)C)c(C)c1. The van der Waals surface area contributed by atoms with E-state index in [1.807, 2.05) is 38.1 Å². The van der Waals surface area contributed by atoms with Gasteiger partial charge in [-0.15, -0.1) is 0 Å². The average Bonchev–Trinajstić information content (AvgIpc) is 2.29. The lowest BCUT2D eigenvalue weighted by atomic mass is 10.1. The first-order chi connectivity index (χ1) is 8.43. The van der Waals surface area contributed by atoms with Crippen molar-refractivity contribution in [2.75, 3.05) is 19.4 Å². The van der Waals surface area contributed by atoms with Gasteiger partial charge in [0.1, 0.15) is 11.6 Å². The molecule has 1 amide bonds. The fourth-order valence-electron chi connectivity index (χ4n) is 1.54. The van der Waals surface area contributed by atoms with E-state index >= 15 is 0 Å². The maximum Gasteiger partial charge on any atom is 0.267 e. The molecule has 0 radical (unpaired) electrons. The second-order valence-electron chi connectivity index (χ2n) is 4.39.